The molecule has 0 unspecified atom stereocenters. The summed E-state index contributed by atoms with van der Waals surface area (Å²) >= 11 is -0.235. The molecule has 0 atom stereocenters. The van der Waals surface area contributed by atoms with Crippen molar-refractivity contribution < 1.29 is 47.3 Å². The Bertz CT molecular complexity index is 699. The van der Waals surface area contributed by atoms with Gasteiger partial charge in [-0.15, -0.1) is 0 Å². The molecule has 0 aromatic rings. The molecule has 0 bridgehead atoms. The smallest absolute Gasteiger partial charge is 0.281 e. The zero-order valence-electron chi connectivity index (χ0n) is 22.3. The first kappa shape index (κ1) is 42.8. The normalized spacial score (nSPS) is 17.0. The fourth-order valence-corrected chi connectivity index (χ4v) is 8.07. The van der Waals surface area contributed by atoms with Crippen LogP contribution in [0.15, 0.2) is 41.4 Å². The molecule has 0 saturated heterocycles. The Balaban J connectivity index is -0.000000218. The van der Waals surface area contributed by atoms with E-state index in [0.717, 1.165) is 0 Å². The van der Waals surface area contributed by atoms with Gasteiger partial charge in [0.25, 0.3) is 40.7 Å². The van der Waals surface area contributed by atoms with Gasteiger partial charge in [0.15, 0.2) is 0 Å². The van der Waals surface area contributed by atoms with Crippen molar-refractivity contribution in [2.75, 3.05) is 0 Å². The van der Waals surface area contributed by atoms with Crippen LogP contribution in [0.2, 0.25) is 0 Å². The van der Waals surface area contributed by atoms with E-state index in [1.54, 1.807) is 41.4 Å². The molecule has 188 valence electrons. The first-order valence-electron chi connectivity index (χ1n) is 10.0. The van der Waals surface area contributed by atoms with Gasteiger partial charge in [-0.05, 0) is 0 Å². The Morgan fingerprint density at radius 2 is 0.657 bits per heavy atom. The van der Waals surface area contributed by atoms with E-state index in [9.17, 15) is 0 Å². The quantitative estimate of drug-likeness (QED) is 0.450. The molecule has 0 saturated carbocycles. The SMILES string of the molecule is CC1=[C]([Mo][C]2=C(C)C(C)=C(C)C(C)(C)C2)CC(C)(C)C(C)=C1C.[C]=O.[C]=O.[C]=O.[C]=O.[C]=O.[C]=O. The summed E-state index contributed by atoms with van der Waals surface area (Å²) in [5.41, 5.74) is 10.2. The Labute approximate surface area is 221 Å². The maximum absolute atomic E-state index is 7.50. The average Bonchev–Trinajstić information content (AvgIpc) is 2.90. The van der Waals surface area contributed by atoms with Crippen molar-refractivity contribution in [3.8, 4) is 0 Å². The fraction of sp³-hybridized carbons (Fsp3) is 0.500. The molecule has 0 aromatic carbocycles. The average molecular weight is 563 g/mol. The van der Waals surface area contributed by atoms with E-state index in [2.05, 4.69) is 110 Å². The Kier molecular flexibility index (Phi) is 27.1. The van der Waals surface area contributed by atoms with Crippen molar-refractivity contribution in [1.29, 1.82) is 0 Å². The van der Waals surface area contributed by atoms with Crippen molar-refractivity contribution in [2.45, 2.75) is 82.1 Å². The molecule has 0 amide bonds. The Morgan fingerprint density at radius 1 is 0.457 bits per heavy atom. The van der Waals surface area contributed by atoms with Crippen molar-refractivity contribution in [3.63, 3.8) is 0 Å². The van der Waals surface area contributed by atoms with Gasteiger partial charge in [0.2, 0.25) is 0 Å². The summed E-state index contributed by atoms with van der Waals surface area (Å²) in [5, 5.41) is 0. The van der Waals surface area contributed by atoms with Crippen LogP contribution in [0.25, 0.3) is 0 Å². The molecule has 0 aromatic heterocycles. The molecular formula is C28H34MoO6. The minimum atomic E-state index is -0.235. The van der Waals surface area contributed by atoms with Gasteiger partial charge in [0.05, 0.1) is 0 Å². The van der Waals surface area contributed by atoms with Crippen LogP contribution in [-0.2, 0) is 47.3 Å². The van der Waals surface area contributed by atoms with E-state index < -0.39 is 0 Å². The van der Waals surface area contributed by atoms with Crippen LogP contribution >= 0.6 is 0 Å². The summed E-state index contributed by atoms with van der Waals surface area (Å²) in [5.74, 6) is 0. The molecule has 2 aliphatic rings. The van der Waals surface area contributed by atoms with Crippen LogP contribution in [-0.4, -0.2) is 40.7 Å². The third kappa shape index (κ3) is 12.3. The second-order valence-electron chi connectivity index (χ2n) is 8.82. The molecule has 12 radical (unpaired) electrons. The second-order valence-corrected chi connectivity index (χ2v) is 11.7. The van der Waals surface area contributed by atoms with Crippen molar-refractivity contribution in [3.05, 3.63) is 41.4 Å². The molecule has 0 N–H and O–H groups in total. The minimum absolute atomic E-state index is 0.235. The zero-order valence-corrected chi connectivity index (χ0v) is 24.3. The molecule has 6 nitrogen and oxygen atoms in total. The number of allylic oxidation sites excluding steroid dienone is 8. The minimum Gasteiger partial charge on any atom is -0.281 e. The largest absolute Gasteiger partial charge is 0.281 e. The van der Waals surface area contributed by atoms with Crippen molar-refractivity contribution >= 4 is 40.7 Å². The van der Waals surface area contributed by atoms with E-state index in [0.29, 0.717) is 10.8 Å². The summed E-state index contributed by atoms with van der Waals surface area (Å²) in [7, 11) is 0. The van der Waals surface area contributed by atoms with E-state index in [4.69, 9.17) is 28.8 Å². The van der Waals surface area contributed by atoms with Gasteiger partial charge in [-0.25, -0.2) is 0 Å². The fourth-order valence-electron chi connectivity index (χ4n) is 3.70. The summed E-state index contributed by atoms with van der Waals surface area (Å²) in [6.07, 6.45) is 2.53. The van der Waals surface area contributed by atoms with E-state index >= 15 is 0 Å². The van der Waals surface area contributed by atoms with E-state index in [-0.39, 0.29) is 18.6 Å². The van der Waals surface area contributed by atoms with Gasteiger partial charge in [0, 0.05) is 0 Å². The topological polar surface area (TPSA) is 102 Å². The first-order valence-corrected chi connectivity index (χ1v) is 12.1. The molecule has 35 heavy (non-hydrogen) atoms. The van der Waals surface area contributed by atoms with E-state index in [1.165, 1.54) is 12.8 Å². The maximum atomic E-state index is 7.50. The summed E-state index contributed by atoms with van der Waals surface area (Å²) < 4.78 is 3.59. The standard InChI is InChI=1S/2C11H17.6CO.Mo/c2*1-8-6-7-11(4,5)10(3)9(8)2;6*1-2;/h2*7H2,1-5H3;;;;;;;. The van der Waals surface area contributed by atoms with Crippen LogP contribution in [0.3, 0.4) is 0 Å². The molecular weight excluding hydrogens is 528 g/mol. The summed E-state index contributed by atoms with van der Waals surface area (Å²) in [6.45, 7) is 50.8. The van der Waals surface area contributed by atoms with Crippen LogP contribution in [0.5, 0.6) is 0 Å². The number of rotatable bonds is 2. The third-order valence-electron chi connectivity index (χ3n) is 6.57. The zero-order chi connectivity index (χ0) is 29.7. The number of carbonyl (C=O) groups excluding carboxylic acids is 6. The summed E-state index contributed by atoms with van der Waals surface area (Å²) in [6, 6.07) is 0. The van der Waals surface area contributed by atoms with Gasteiger partial charge in [-0.2, -0.15) is 0 Å². The third-order valence-corrected chi connectivity index (χ3v) is 9.99. The molecule has 2 rings (SSSR count). The monoisotopic (exact) mass is 564 g/mol. The van der Waals surface area contributed by atoms with Crippen molar-refractivity contribution in [2.24, 2.45) is 10.8 Å². The first-order chi connectivity index (χ1) is 16.4. The summed E-state index contributed by atoms with van der Waals surface area (Å²) in [4.78, 5) is 45.0. The molecule has 0 spiro atoms. The predicted octanol–water partition coefficient (Wildman–Crippen LogP) is 4.77. The van der Waals surface area contributed by atoms with E-state index in [1.807, 2.05) is 0 Å². The Hall–Kier alpha value is -2.33. The van der Waals surface area contributed by atoms with Gasteiger partial charge >= 0.3 is 153 Å². The molecule has 7 heteroatoms. The molecule has 2 aliphatic carbocycles. The molecule has 0 heterocycles. The number of hydrogen-bond acceptors (Lipinski definition) is 6. The predicted molar refractivity (Wildman–Crippen MR) is 133 cm³/mol. The molecule has 0 aliphatic heterocycles. The van der Waals surface area contributed by atoms with Crippen LogP contribution in [0.4, 0.5) is 0 Å². The van der Waals surface area contributed by atoms with Gasteiger partial charge in [-0.3, -0.25) is 28.8 Å². The molecule has 0 fully saturated rings. The van der Waals surface area contributed by atoms with Crippen LogP contribution in [0.1, 0.15) is 82.1 Å². The second kappa shape index (κ2) is 22.2. The Morgan fingerprint density at radius 3 is 0.857 bits per heavy atom. The maximum Gasteiger partial charge on any atom is 0.281 e. The van der Waals surface area contributed by atoms with Gasteiger partial charge < -0.3 is 0 Å². The van der Waals surface area contributed by atoms with Crippen molar-refractivity contribution in [1.82, 2.24) is 0 Å². The van der Waals surface area contributed by atoms with Gasteiger partial charge in [0.1, 0.15) is 0 Å². The van der Waals surface area contributed by atoms with Gasteiger partial charge in [-0.1, -0.05) is 0 Å². The number of hydrogen-bond donors (Lipinski definition) is 0. The van der Waals surface area contributed by atoms with Crippen LogP contribution in [0, 0.1) is 10.8 Å². The van der Waals surface area contributed by atoms with Crippen LogP contribution < -0.4 is 0 Å².